The fourth-order valence-electron chi connectivity index (χ4n) is 2.43. The van der Waals surface area contributed by atoms with E-state index < -0.39 is 0 Å². The highest BCUT2D eigenvalue weighted by atomic mass is 32.2. The minimum atomic E-state index is 0.556. The Hall–Kier alpha value is 0.310. The Morgan fingerprint density at radius 2 is 2.12 bits per heavy atom. The largest absolute Gasteiger partial charge is 0.316 e. The average molecular weight is 243 g/mol. The summed E-state index contributed by atoms with van der Waals surface area (Å²) in [5, 5.41) is 4.33. The Bertz CT molecular complexity index is 203. The van der Waals surface area contributed by atoms with Gasteiger partial charge in [0.2, 0.25) is 0 Å². The summed E-state index contributed by atoms with van der Waals surface area (Å²) in [7, 11) is 2.12. The molecular weight excluding hydrogens is 214 g/mol. The second-order valence-corrected chi connectivity index (χ2v) is 7.46. The smallest absolute Gasteiger partial charge is 0.0206 e. The quantitative estimate of drug-likeness (QED) is 0.785. The average Bonchev–Trinajstić information content (AvgIpc) is 2.25. The molecule has 0 heterocycles. The molecule has 0 amide bonds. The molecule has 1 N–H and O–H groups in total. The van der Waals surface area contributed by atoms with Crippen LogP contribution in [0.1, 0.15) is 53.4 Å². The molecule has 3 unspecified atom stereocenters. The van der Waals surface area contributed by atoms with Crippen molar-refractivity contribution in [2.24, 2.45) is 11.3 Å². The zero-order valence-corrected chi connectivity index (χ0v) is 12.5. The van der Waals surface area contributed by atoms with Crippen molar-refractivity contribution in [1.29, 1.82) is 0 Å². The van der Waals surface area contributed by atoms with Gasteiger partial charge >= 0.3 is 0 Å². The SMILES string of the molecule is CCC(C)CSC1CC(C)(C)CCC1NC. The number of thioether (sulfide) groups is 1. The monoisotopic (exact) mass is 243 g/mol. The normalized spacial score (nSPS) is 31.3. The van der Waals surface area contributed by atoms with E-state index in [4.69, 9.17) is 0 Å². The molecule has 0 saturated heterocycles. The maximum absolute atomic E-state index is 3.51. The van der Waals surface area contributed by atoms with Crippen molar-refractivity contribution in [1.82, 2.24) is 5.32 Å². The summed E-state index contributed by atoms with van der Waals surface area (Å²) in [6, 6.07) is 0.738. The lowest BCUT2D eigenvalue weighted by Crippen LogP contribution is -2.43. The summed E-state index contributed by atoms with van der Waals surface area (Å²) >= 11 is 2.20. The Kier molecular flexibility index (Phi) is 5.66. The molecule has 0 aromatic heterocycles. The molecule has 0 radical (unpaired) electrons. The van der Waals surface area contributed by atoms with Crippen molar-refractivity contribution >= 4 is 11.8 Å². The molecule has 1 nitrogen and oxygen atoms in total. The molecule has 0 aromatic rings. The molecule has 2 heteroatoms. The first-order chi connectivity index (χ1) is 7.48. The van der Waals surface area contributed by atoms with Crippen molar-refractivity contribution in [2.75, 3.05) is 12.8 Å². The van der Waals surface area contributed by atoms with Crippen LogP contribution in [-0.2, 0) is 0 Å². The first-order valence-electron chi connectivity index (χ1n) is 6.77. The Morgan fingerprint density at radius 3 is 2.69 bits per heavy atom. The molecule has 1 saturated carbocycles. The highest BCUT2D eigenvalue weighted by molar-refractivity contribution is 7.99. The van der Waals surface area contributed by atoms with Gasteiger partial charge in [-0.3, -0.25) is 0 Å². The van der Waals surface area contributed by atoms with Crippen LogP contribution in [0, 0.1) is 11.3 Å². The number of hydrogen-bond acceptors (Lipinski definition) is 2. The van der Waals surface area contributed by atoms with Crippen LogP contribution in [0.5, 0.6) is 0 Å². The van der Waals surface area contributed by atoms with Crippen LogP contribution in [0.25, 0.3) is 0 Å². The van der Waals surface area contributed by atoms with E-state index >= 15 is 0 Å². The van der Waals surface area contributed by atoms with E-state index in [1.165, 1.54) is 31.4 Å². The van der Waals surface area contributed by atoms with Gasteiger partial charge in [0.15, 0.2) is 0 Å². The van der Waals surface area contributed by atoms with Crippen LogP contribution in [0.3, 0.4) is 0 Å². The zero-order chi connectivity index (χ0) is 12.2. The number of rotatable bonds is 5. The highest BCUT2D eigenvalue weighted by Gasteiger charge is 2.34. The van der Waals surface area contributed by atoms with Crippen molar-refractivity contribution < 1.29 is 0 Å². The molecule has 1 aliphatic carbocycles. The predicted octanol–water partition coefficient (Wildman–Crippen LogP) is 3.93. The fraction of sp³-hybridized carbons (Fsp3) is 1.00. The lowest BCUT2D eigenvalue weighted by Gasteiger charge is -2.40. The first kappa shape index (κ1) is 14.4. The number of nitrogens with one attached hydrogen (secondary N) is 1. The number of hydrogen-bond donors (Lipinski definition) is 1. The van der Waals surface area contributed by atoms with Gasteiger partial charge in [-0.2, -0.15) is 11.8 Å². The van der Waals surface area contributed by atoms with E-state index in [-0.39, 0.29) is 0 Å². The zero-order valence-electron chi connectivity index (χ0n) is 11.7. The molecule has 16 heavy (non-hydrogen) atoms. The van der Waals surface area contributed by atoms with Crippen molar-refractivity contribution in [3.8, 4) is 0 Å². The Labute approximate surface area is 106 Å². The second kappa shape index (κ2) is 6.30. The van der Waals surface area contributed by atoms with Gasteiger partial charge in [-0.05, 0) is 43.4 Å². The van der Waals surface area contributed by atoms with Gasteiger partial charge < -0.3 is 5.32 Å². The van der Waals surface area contributed by atoms with Gasteiger partial charge in [-0.15, -0.1) is 0 Å². The van der Waals surface area contributed by atoms with Gasteiger partial charge in [-0.25, -0.2) is 0 Å². The van der Waals surface area contributed by atoms with E-state index in [2.05, 4.69) is 51.8 Å². The van der Waals surface area contributed by atoms with Gasteiger partial charge in [0.05, 0.1) is 0 Å². The molecule has 0 aromatic carbocycles. The van der Waals surface area contributed by atoms with E-state index in [0.29, 0.717) is 5.41 Å². The Morgan fingerprint density at radius 1 is 1.44 bits per heavy atom. The summed E-state index contributed by atoms with van der Waals surface area (Å²) in [6.07, 6.45) is 5.41. The van der Waals surface area contributed by atoms with Gasteiger partial charge in [0.1, 0.15) is 0 Å². The first-order valence-corrected chi connectivity index (χ1v) is 7.82. The third-order valence-electron chi connectivity index (χ3n) is 4.00. The topological polar surface area (TPSA) is 12.0 Å². The summed E-state index contributed by atoms with van der Waals surface area (Å²) in [5.41, 5.74) is 0.556. The third kappa shape index (κ3) is 4.29. The van der Waals surface area contributed by atoms with E-state index in [0.717, 1.165) is 17.2 Å². The summed E-state index contributed by atoms with van der Waals surface area (Å²) in [5.74, 6) is 2.20. The van der Waals surface area contributed by atoms with Crippen LogP contribution in [0.15, 0.2) is 0 Å². The molecule has 3 atom stereocenters. The lowest BCUT2D eigenvalue weighted by molar-refractivity contribution is 0.218. The van der Waals surface area contributed by atoms with Gasteiger partial charge in [-0.1, -0.05) is 34.1 Å². The minimum Gasteiger partial charge on any atom is -0.316 e. The molecule has 1 aliphatic rings. The molecular formula is C14H29NS. The maximum Gasteiger partial charge on any atom is 0.0206 e. The standard InChI is InChI=1S/C14H29NS/c1-6-11(2)10-16-13-9-14(3,4)8-7-12(13)15-5/h11-13,15H,6-10H2,1-5H3. The summed E-state index contributed by atoms with van der Waals surface area (Å²) < 4.78 is 0. The summed E-state index contributed by atoms with van der Waals surface area (Å²) in [6.45, 7) is 9.52. The predicted molar refractivity (Wildman–Crippen MR) is 76.2 cm³/mol. The molecule has 0 bridgehead atoms. The molecule has 0 aliphatic heterocycles. The van der Waals surface area contributed by atoms with Gasteiger partial charge in [0, 0.05) is 11.3 Å². The van der Waals surface area contributed by atoms with Crippen LogP contribution in [-0.4, -0.2) is 24.1 Å². The molecule has 0 spiro atoms. The van der Waals surface area contributed by atoms with Gasteiger partial charge in [0.25, 0.3) is 0 Å². The second-order valence-electron chi connectivity index (χ2n) is 6.19. The highest BCUT2D eigenvalue weighted by Crippen LogP contribution is 2.40. The van der Waals surface area contributed by atoms with Crippen LogP contribution < -0.4 is 5.32 Å². The fourth-order valence-corrected chi connectivity index (χ4v) is 4.32. The van der Waals surface area contributed by atoms with E-state index in [1.807, 2.05) is 0 Å². The lowest BCUT2D eigenvalue weighted by atomic mass is 9.75. The molecule has 1 rings (SSSR count). The van der Waals surface area contributed by atoms with Crippen LogP contribution in [0.2, 0.25) is 0 Å². The van der Waals surface area contributed by atoms with E-state index in [1.54, 1.807) is 0 Å². The van der Waals surface area contributed by atoms with Crippen molar-refractivity contribution in [3.05, 3.63) is 0 Å². The molecule has 1 fully saturated rings. The van der Waals surface area contributed by atoms with Crippen molar-refractivity contribution in [3.63, 3.8) is 0 Å². The van der Waals surface area contributed by atoms with E-state index in [9.17, 15) is 0 Å². The van der Waals surface area contributed by atoms with Crippen LogP contribution in [0.4, 0.5) is 0 Å². The summed E-state index contributed by atoms with van der Waals surface area (Å²) in [4.78, 5) is 0. The molecule has 96 valence electrons. The van der Waals surface area contributed by atoms with Crippen molar-refractivity contribution in [2.45, 2.75) is 64.7 Å². The maximum atomic E-state index is 3.51. The third-order valence-corrected chi connectivity index (χ3v) is 5.68. The Balaban J connectivity index is 2.45. The minimum absolute atomic E-state index is 0.556. The van der Waals surface area contributed by atoms with Crippen LogP contribution >= 0.6 is 11.8 Å².